The highest BCUT2D eigenvalue weighted by Crippen LogP contribution is 2.12. The van der Waals surface area contributed by atoms with E-state index in [9.17, 15) is 4.79 Å². The average molecular weight is 233 g/mol. The summed E-state index contributed by atoms with van der Waals surface area (Å²) < 4.78 is 0. The van der Waals surface area contributed by atoms with Crippen molar-refractivity contribution in [2.45, 2.75) is 19.4 Å². The van der Waals surface area contributed by atoms with E-state index in [2.05, 4.69) is 10.6 Å². The Labute approximate surface area is 102 Å². The smallest absolute Gasteiger partial charge is 0.321 e. The molecule has 2 amide bonds. The molecule has 1 unspecified atom stereocenters. The number of urea groups is 1. The molecule has 1 aromatic carbocycles. The van der Waals surface area contributed by atoms with Gasteiger partial charge in [-0.05, 0) is 32.0 Å². The highest BCUT2D eigenvalue weighted by Gasteiger charge is 2.24. The molecule has 92 valence electrons. The summed E-state index contributed by atoms with van der Waals surface area (Å²) in [7, 11) is 0. The average Bonchev–Trinajstić information content (AvgIpc) is 2.85. The SMILES string of the molecule is CCN(C(=O)Nc1ccccc1)C1CCNC1. The van der Waals surface area contributed by atoms with Crippen LogP contribution in [0.2, 0.25) is 0 Å². The third kappa shape index (κ3) is 2.97. The molecule has 1 aromatic rings. The molecule has 0 aromatic heterocycles. The Morgan fingerprint density at radius 2 is 2.24 bits per heavy atom. The topological polar surface area (TPSA) is 44.4 Å². The number of rotatable bonds is 3. The molecule has 2 N–H and O–H groups in total. The normalized spacial score (nSPS) is 19.0. The number of para-hydroxylation sites is 1. The molecular formula is C13H19N3O. The Bertz CT molecular complexity index is 360. The highest BCUT2D eigenvalue weighted by atomic mass is 16.2. The lowest BCUT2D eigenvalue weighted by Crippen LogP contribution is -2.43. The number of carbonyl (C=O) groups is 1. The van der Waals surface area contributed by atoms with E-state index < -0.39 is 0 Å². The van der Waals surface area contributed by atoms with Crippen molar-refractivity contribution in [2.24, 2.45) is 0 Å². The molecule has 4 heteroatoms. The molecule has 1 saturated heterocycles. The molecule has 0 bridgehead atoms. The molecule has 2 rings (SSSR count). The fourth-order valence-electron chi connectivity index (χ4n) is 2.19. The second-order valence-electron chi connectivity index (χ2n) is 4.23. The zero-order valence-corrected chi connectivity index (χ0v) is 10.1. The molecule has 1 atom stereocenters. The minimum Gasteiger partial charge on any atom is -0.321 e. The number of anilines is 1. The van der Waals surface area contributed by atoms with Gasteiger partial charge in [-0.15, -0.1) is 0 Å². The molecule has 4 nitrogen and oxygen atoms in total. The number of hydrogen-bond donors (Lipinski definition) is 2. The van der Waals surface area contributed by atoms with E-state index in [1.165, 1.54) is 0 Å². The monoisotopic (exact) mass is 233 g/mol. The number of hydrogen-bond acceptors (Lipinski definition) is 2. The fourth-order valence-corrected chi connectivity index (χ4v) is 2.19. The van der Waals surface area contributed by atoms with Crippen LogP contribution < -0.4 is 10.6 Å². The summed E-state index contributed by atoms with van der Waals surface area (Å²) in [5.41, 5.74) is 0.849. The zero-order valence-electron chi connectivity index (χ0n) is 10.1. The maximum atomic E-state index is 12.1. The van der Waals surface area contributed by atoms with Gasteiger partial charge in [-0.1, -0.05) is 18.2 Å². The van der Waals surface area contributed by atoms with Crippen LogP contribution in [0.1, 0.15) is 13.3 Å². The van der Waals surface area contributed by atoms with Crippen molar-refractivity contribution < 1.29 is 4.79 Å². The van der Waals surface area contributed by atoms with Gasteiger partial charge in [0.15, 0.2) is 0 Å². The van der Waals surface area contributed by atoms with Crippen LogP contribution in [0.15, 0.2) is 30.3 Å². The number of likely N-dealkylation sites (N-methyl/N-ethyl adjacent to an activating group) is 1. The van der Waals surface area contributed by atoms with Gasteiger partial charge in [-0.25, -0.2) is 4.79 Å². The zero-order chi connectivity index (χ0) is 12.1. The van der Waals surface area contributed by atoms with Crippen LogP contribution >= 0.6 is 0 Å². The van der Waals surface area contributed by atoms with Gasteiger partial charge in [0.05, 0.1) is 0 Å². The summed E-state index contributed by atoms with van der Waals surface area (Å²) in [6, 6.07) is 9.90. The summed E-state index contributed by atoms with van der Waals surface area (Å²) in [6.45, 7) is 4.66. The van der Waals surface area contributed by atoms with Crippen LogP contribution in [0.25, 0.3) is 0 Å². The summed E-state index contributed by atoms with van der Waals surface area (Å²) in [4.78, 5) is 14.0. The van der Waals surface area contributed by atoms with E-state index in [-0.39, 0.29) is 6.03 Å². The van der Waals surface area contributed by atoms with Crippen LogP contribution in [-0.2, 0) is 0 Å². The van der Waals surface area contributed by atoms with Gasteiger partial charge < -0.3 is 15.5 Å². The first kappa shape index (κ1) is 11.9. The third-order valence-electron chi connectivity index (χ3n) is 3.10. The number of benzene rings is 1. The van der Waals surface area contributed by atoms with Crippen LogP contribution in [0.3, 0.4) is 0 Å². The fraction of sp³-hybridized carbons (Fsp3) is 0.462. The number of nitrogens with one attached hydrogen (secondary N) is 2. The molecule has 1 aliphatic heterocycles. The molecule has 1 heterocycles. The Balaban J connectivity index is 1.97. The number of carbonyl (C=O) groups excluding carboxylic acids is 1. The largest absolute Gasteiger partial charge is 0.322 e. The molecule has 0 saturated carbocycles. The maximum Gasteiger partial charge on any atom is 0.322 e. The molecule has 17 heavy (non-hydrogen) atoms. The van der Waals surface area contributed by atoms with Crippen LogP contribution in [0, 0.1) is 0 Å². The number of amides is 2. The molecule has 0 spiro atoms. The highest BCUT2D eigenvalue weighted by molar-refractivity contribution is 5.89. The van der Waals surface area contributed by atoms with E-state index in [4.69, 9.17) is 0 Å². The molecule has 0 aliphatic carbocycles. The second-order valence-corrected chi connectivity index (χ2v) is 4.23. The minimum absolute atomic E-state index is 0.00704. The van der Waals surface area contributed by atoms with Crippen LogP contribution in [0.5, 0.6) is 0 Å². The van der Waals surface area contributed by atoms with Crippen molar-refractivity contribution in [3.63, 3.8) is 0 Å². The Morgan fingerprint density at radius 1 is 1.47 bits per heavy atom. The van der Waals surface area contributed by atoms with Gasteiger partial charge in [-0.2, -0.15) is 0 Å². The Hall–Kier alpha value is -1.55. The molecule has 1 aliphatic rings. The lowest BCUT2D eigenvalue weighted by atomic mass is 10.2. The summed E-state index contributed by atoms with van der Waals surface area (Å²) in [6.07, 6.45) is 1.04. The lowest BCUT2D eigenvalue weighted by Gasteiger charge is -2.27. The van der Waals surface area contributed by atoms with E-state index in [0.29, 0.717) is 6.04 Å². The molecule has 1 fully saturated rings. The van der Waals surface area contributed by atoms with E-state index in [1.807, 2.05) is 42.2 Å². The number of nitrogens with zero attached hydrogens (tertiary/aromatic N) is 1. The van der Waals surface area contributed by atoms with Crippen molar-refractivity contribution in [1.29, 1.82) is 0 Å². The van der Waals surface area contributed by atoms with Gasteiger partial charge in [0.25, 0.3) is 0 Å². The minimum atomic E-state index is -0.00704. The summed E-state index contributed by atoms with van der Waals surface area (Å²) >= 11 is 0. The lowest BCUT2D eigenvalue weighted by molar-refractivity contribution is 0.196. The van der Waals surface area contributed by atoms with Crippen molar-refractivity contribution in [3.8, 4) is 0 Å². The van der Waals surface area contributed by atoms with Gasteiger partial charge in [0.2, 0.25) is 0 Å². The molecular weight excluding hydrogens is 214 g/mol. The van der Waals surface area contributed by atoms with Crippen LogP contribution in [0.4, 0.5) is 10.5 Å². The predicted octanol–water partition coefficient (Wildman–Crippen LogP) is 1.90. The Morgan fingerprint density at radius 3 is 2.82 bits per heavy atom. The molecule has 0 radical (unpaired) electrons. The summed E-state index contributed by atoms with van der Waals surface area (Å²) in [5.74, 6) is 0. The van der Waals surface area contributed by atoms with Gasteiger partial charge >= 0.3 is 6.03 Å². The first-order chi connectivity index (χ1) is 8.31. The standard InChI is InChI=1S/C13H19N3O/c1-2-16(12-8-9-14-10-12)13(17)15-11-6-4-3-5-7-11/h3-7,12,14H,2,8-10H2,1H3,(H,15,17). The van der Waals surface area contributed by atoms with Gasteiger partial charge in [-0.3, -0.25) is 0 Å². The van der Waals surface area contributed by atoms with Crippen LogP contribution in [-0.4, -0.2) is 36.6 Å². The Kier molecular flexibility index (Phi) is 3.98. The quantitative estimate of drug-likeness (QED) is 0.837. The third-order valence-corrected chi connectivity index (χ3v) is 3.10. The second kappa shape index (κ2) is 5.68. The predicted molar refractivity (Wildman–Crippen MR) is 69.1 cm³/mol. The van der Waals surface area contributed by atoms with Crippen molar-refractivity contribution in [2.75, 3.05) is 25.0 Å². The first-order valence-corrected chi connectivity index (χ1v) is 6.14. The first-order valence-electron chi connectivity index (χ1n) is 6.14. The van der Waals surface area contributed by atoms with E-state index in [1.54, 1.807) is 0 Å². The van der Waals surface area contributed by atoms with Crippen molar-refractivity contribution in [1.82, 2.24) is 10.2 Å². The van der Waals surface area contributed by atoms with Gasteiger partial charge in [0, 0.05) is 24.8 Å². The van der Waals surface area contributed by atoms with Gasteiger partial charge in [0.1, 0.15) is 0 Å². The van der Waals surface area contributed by atoms with Crippen molar-refractivity contribution >= 4 is 11.7 Å². The summed E-state index contributed by atoms with van der Waals surface area (Å²) in [5, 5.41) is 6.21. The maximum absolute atomic E-state index is 12.1. The van der Waals surface area contributed by atoms with E-state index >= 15 is 0 Å². The van der Waals surface area contributed by atoms with Crippen molar-refractivity contribution in [3.05, 3.63) is 30.3 Å². The van der Waals surface area contributed by atoms with E-state index in [0.717, 1.165) is 31.7 Å².